The molecule has 0 aromatic heterocycles. The highest BCUT2D eigenvalue weighted by Crippen LogP contribution is 2.20. The number of rotatable bonds is 7. The zero-order valence-corrected chi connectivity index (χ0v) is 13.2. The van der Waals surface area contributed by atoms with Gasteiger partial charge in [0.05, 0.1) is 24.9 Å². The Morgan fingerprint density at radius 3 is 2.50 bits per heavy atom. The predicted octanol–water partition coefficient (Wildman–Crippen LogP) is 1.20. The first-order valence-electron chi connectivity index (χ1n) is 7.63. The summed E-state index contributed by atoms with van der Waals surface area (Å²) in [5.41, 5.74) is -0.239. The number of ether oxygens (including phenoxy) is 1. The number of hydrogen-bond donors (Lipinski definition) is 3. The maximum atomic E-state index is 11.9. The lowest BCUT2D eigenvalue weighted by Crippen LogP contribution is -2.51. The average molecular weight is 286 g/mol. The molecule has 1 rings (SSSR count). The van der Waals surface area contributed by atoms with Crippen molar-refractivity contribution in [2.75, 3.05) is 13.2 Å². The van der Waals surface area contributed by atoms with Crippen LogP contribution in [0.4, 0.5) is 0 Å². The summed E-state index contributed by atoms with van der Waals surface area (Å²) < 4.78 is 5.65. The van der Waals surface area contributed by atoms with Gasteiger partial charge in [-0.25, -0.2) is 0 Å². The number of aliphatic hydroxyl groups excluding tert-OH is 1. The Morgan fingerprint density at radius 2 is 1.95 bits per heavy atom. The zero-order chi connectivity index (χ0) is 15.2. The Balaban J connectivity index is 2.15. The van der Waals surface area contributed by atoms with Gasteiger partial charge in [-0.15, -0.1) is 0 Å². The van der Waals surface area contributed by atoms with Gasteiger partial charge in [0.1, 0.15) is 0 Å². The molecule has 0 saturated heterocycles. The molecule has 1 fully saturated rings. The van der Waals surface area contributed by atoms with E-state index in [-0.39, 0.29) is 17.5 Å². The molecule has 1 aliphatic rings. The normalized spacial score (nSPS) is 19.9. The number of amides is 1. The topological polar surface area (TPSA) is 70.6 Å². The van der Waals surface area contributed by atoms with E-state index in [0.717, 1.165) is 12.8 Å². The minimum atomic E-state index is -0.569. The molecule has 1 aliphatic carbocycles. The van der Waals surface area contributed by atoms with Gasteiger partial charge in [-0.3, -0.25) is 4.79 Å². The second-order valence-corrected chi connectivity index (χ2v) is 6.76. The van der Waals surface area contributed by atoms with E-state index in [4.69, 9.17) is 4.74 Å². The van der Waals surface area contributed by atoms with Crippen molar-refractivity contribution in [2.45, 2.75) is 77.2 Å². The van der Waals surface area contributed by atoms with Crippen LogP contribution in [0.2, 0.25) is 0 Å². The molecule has 0 aliphatic heterocycles. The SMILES string of the molecule is CC(NCC(O)COC1CCCC1)C(=O)NC(C)(C)C. The van der Waals surface area contributed by atoms with Gasteiger partial charge in [0.25, 0.3) is 0 Å². The molecule has 0 aromatic rings. The molecule has 0 spiro atoms. The van der Waals surface area contributed by atoms with Gasteiger partial charge in [-0.1, -0.05) is 12.8 Å². The maximum absolute atomic E-state index is 11.9. The summed E-state index contributed by atoms with van der Waals surface area (Å²) in [5.74, 6) is -0.0542. The van der Waals surface area contributed by atoms with E-state index in [1.54, 1.807) is 6.92 Å². The van der Waals surface area contributed by atoms with Crippen molar-refractivity contribution in [2.24, 2.45) is 0 Å². The van der Waals surface area contributed by atoms with E-state index in [1.807, 2.05) is 20.8 Å². The molecular formula is C15H30N2O3. The molecule has 0 radical (unpaired) electrons. The number of hydrogen-bond acceptors (Lipinski definition) is 4. The minimum absolute atomic E-state index is 0.0542. The van der Waals surface area contributed by atoms with Crippen molar-refractivity contribution < 1.29 is 14.6 Å². The third kappa shape index (κ3) is 7.22. The average Bonchev–Trinajstić information content (AvgIpc) is 2.84. The molecule has 3 N–H and O–H groups in total. The van der Waals surface area contributed by atoms with Crippen LogP contribution in [0, 0.1) is 0 Å². The highest BCUT2D eigenvalue weighted by Gasteiger charge is 2.20. The Kier molecular flexibility index (Phi) is 6.92. The lowest BCUT2D eigenvalue weighted by molar-refractivity contribution is -0.124. The second kappa shape index (κ2) is 7.96. The first-order chi connectivity index (χ1) is 9.28. The maximum Gasteiger partial charge on any atom is 0.237 e. The fraction of sp³-hybridized carbons (Fsp3) is 0.933. The van der Waals surface area contributed by atoms with E-state index in [2.05, 4.69) is 10.6 Å². The highest BCUT2D eigenvalue weighted by atomic mass is 16.5. The summed E-state index contributed by atoms with van der Waals surface area (Å²) in [4.78, 5) is 11.9. The number of carbonyl (C=O) groups is 1. The van der Waals surface area contributed by atoms with Crippen LogP contribution in [0.1, 0.15) is 53.4 Å². The molecule has 5 heteroatoms. The lowest BCUT2D eigenvalue weighted by Gasteiger charge is -2.24. The molecule has 2 atom stereocenters. The third-order valence-electron chi connectivity index (χ3n) is 3.38. The van der Waals surface area contributed by atoms with E-state index < -0.39 is 6.10 Å². The standard InChI is InChI=1S/C15H30N2O3/c1-11(14(19)17-15(2,3)4)16-9-12(18)10-20-13-7-5-6-8-13/h11-13,16,18H,5-10H2,1-4H3,(H,17,19). The summed E-state index contributed by atoms with van der Waals surface area (Å²) in [5, 5.41) is 15.8. The van der Waals surface area contributed by atoms with Crippen LogP contribution in [-0.4, -0.2) is 48.0 Å². The van der Waals surface area contributed by atoms with E-state index >= 15 is 0 Å². The van der Waals surface area contributed by atoms with Gasteiger partial charge in [0.15, 0.2) is 0 Å². The quantitative estimate of drug-likeness (QED) is 0.658. The molecule has 1 saturated carbocycles. The Hall–Kier alpha value is -0.650. The summed E-state index contributed by atoms with van der Waals surface area (Å²) in [7, 11) is 0. The summed E-state index contributed by atoms with van der Waals surface area (Å²) >= 11 is 0. The van der Waals surface area contributed by atoms with Gasteiger partial charge in [0.2, 0.25) is 5.91 Å². The Morgan fingerprint density at radius 1 is 1.35 bits per heavy atom. The van der Waals surface area contributed by atoms with Gasteiger partial charge in [-0.05, 0) is 40.5 Å². The van der Waals surface area contributed by atoms with Crippen LogP contribution in [0.5, 0.6) is 0 Å². The molecule has 5 nitrogen and oxygen atoms in total. The van der Waals surface area contributed by atoms with E-state index in [1.165, 1.54) is 12.8 Å². The molecule has 2 unspecified atom stereocenters. The molecular weight excluding hydrogens is 256 g/mol. The largest absolute Gasteiger partial charge is 0.389 e. The number of carbonyl (C=O) groups excluding carboxylic acids is 1. The van der Waals surface area contributed by atoms with Crippen molar-refractivity contribution in [3.05, 3.63) is 0 Å². The third-order valence-corrected chi connectivity index (χ3v) is 3.38. The van der Waals surface area contributed by atoms with Crippen molar-refractivity contribution in [3.63, 3.8) is 0 Å². The molecule has 0 aromatic carbocycles. The summed E-state index contributed by atoms with van der Waals surface area (Å²) in [6, 6.07) is -0.324. The van der Waals surface area contributed by atoms with Crippen molar-refractivity contribution >= 4 is 5.91 Å². The molecule has 118 valence electrons. The van der Waals surface area contributed by atoms with Crippen molar-refractivity contribution in [3.8, 4) is 0 Å². The van der Waals surface area contributed by atoms with Gasteiger partial charge < -0.3 is 20.5 Å². The van der Waals surface area contributed by atoms with Crippen molar-refractivity contribution in [1.82, 2.24) is 10.6 Å². The van der Waals surface area contributed by atoms with Gasteiger partial charge in [0, 0.05) is 12.1 Å². The molecule has 20 heavy (non-hydrogen) atoms. The van der Waals surface area contributed by atoms with Crippen LogP contribution >= 0.6 is 0 Å². The zero-order valence-electron chi connectivity index (χ0n) is 13.2. The Labute approximate surface area is 122 Å². The van der Waals surface area contributed by atoms with E-state index in [0.29, 0.717) is 19.3 Å². The van der Waals surface area contributed by atoms with Crippen LogP contribution in [-0.2, 0) is 9.53 Å². The van der Waals surface area contributed by atoms with E-state index in [9.17, 15) is 9.90 Å². The summed E-state index contributed by atoms with van der Waals surface area (Å²) in [6.07, 6.45) is 4.40. The van der Waals surface area contributed by atoms with Crippen LogP contribution < -0.4 is 10.6 Å². The monoisotopic (exact) mass is 286 g/mol. The summed E-state index contributed by atoms with van der Waals surface area (Å²) in [6.45, 7) is 8.34. The highest BCUT2D eigenvalue weighted by molar-refractivity contribution is 5.81. The van der Waals surface area contributed by atoms with Crippen LogP contribution in [0.25, 0.3) is 0 Å². The molecule has 0 heterocycles. The van der Waals surface area contributed by atoms with Crippen LogP contribution in [0.3, 0.4) is 0 Å². The first-order valence-corrected chi connectivity index (χ1v) is 7.63. The number of aliphatic hydroxyl groups is 1. The van der Waals surface area contributed by atoms with Crippen LogP contribution in [0.15, 0.2) is 0 Å². The minimum Gasteiger partial charge on any atom is -0.389 e. The van der Waals surface area contributed by atoms with Gasteiger partial charge in [-0.2, -0.15) is 0 Å². The predicted molar refractivity (Wildman–Crippen MR) is 79.6 cm³/mol. The second-order valence-electron chi connectivity index (χ2n) is 6.76. The molecule has 1 amide bonds. The smallest absolute Gasteiger partial charge is 0.237 e. The number of nitrogens with one attached hydrogen (secondary N) is 2. The lowest BCUT2D eigenvalue weighted by atomic mass is 10.1. The fourth-order valence-electron chi connectivity index (χ4n) is 2.24. The van der Waals surface area contributed by atoms with Crippen molar-refractivity contribution in [1.29, 1.82) is 0 Å². The first kappa shape index (κ1) is 17.4. The van der Waals surface area contributed by atoms with Gasteiger partial charge >= 0.3 is 0 Å². The fourth-order valence-corrected chi connectivity index (χ4v) is 2.24. The Bertz CT molecular complexity index is 296. The molecule has 0 bridgehead atoms.